The number of quaternary nitrogens is 1. The van der Waals surface area contributed by atoms with Gasteiger partial charge in [0.05, 0.1) is 21.1 Å². The van der Waals surface area contributed by atoms with Crippen molar-refractivity contribution in [2.45, 2.75) is 26.3 Å². The van der Waals surface area contributed by atoms with Crippen LogP contribution in [0.15, 0.2) is 0 Å². The number of carbonyl (C=O) groups excluding carboxylic acids is 1. The highest BCUT2D eigenvalue weighted by atomic mass is 16.5. The van der Waals surface area contributed by atoms with Crippen molar-refractivity contribution in [3.8, 4) is 0 Å². The van der Waals surface area contributed by atoms with Crippen LogP contribution in [0.3, 0.4) is 0 Å². The maximum absolute atomic E-state index is 10.6. The summed E-state index contributed by atoms with van der Waals surface area (Å²) >= 11 is 0. The van der Waals surface area contributed by atoms with E-state index in [2.05, 4.69) is 35.0 Å². The van der Waals surface area contributed by atoms with Gasteiger partial charge < -0.3 is 9.22 Å². The third-order valence-electron chi connectivity index (χ3n) is 2.44. The molecule has 0 saturated carbocycles. The van der Waals surface area contributed by atoms with E-state index in [1.54, 1.807) is 0 Å². The molecule has 0 unspecified atom stereocenters. The fraction of sp³-hybridized carbons (Fsp3) is 0.889. The van der Waals surface area contributed by atoms with E-state index in [1.807, 2.05) is 0 Å². The molecule has 0 aromatic carbocycles. The summed E-state index contributed by atoms with van der Waals surface area (Å²) in [5.74, 6) is -0.212. The lowest BCUT2D eigenvalue weighted by Gasteiger charge is -2.40. The summed E-state index contributed by atoms with van der Waals surface area (Å²) in [6.07, 6.45) is 0. The summed E-state index contributed by atoms with van der Waals surface area (Å²) in [4.78, 5) is 10.6. The van der Waals surface area contributed by atoms with Crippen LogP contribution in [0.1, 0.15) is 20.8 Å². The normalized spacial score (nSPS) is 12.8. The molecule has 0 aliphatic carbocycles. The molecule has 0 amide bonds. The van der Waals surface area contributed by atoms with Crippen LogP contribution < -0.4 is 0 Å². The van der Waals surface area contributed by atoms with E-state index in [0.29, 0.717) is 6.61 Å². The molecule has 0 aromatic rings. The molecule has 0 aromatic heterocycles. The summed E-state index contributed by atoms with van der Waals surface area (Å²) < 4.78 is 5.76. The highest BCUT2D eigenvalue weighted by Crippen LogP contribution is 2.17. The van der Waals surface area contributed by atoms with Crippen molar-refractivity contribution in [3.63, 3.8) is 0 Å². The Hall–Kier alpha value is -0.570. The number of hydrogen-bond donors (Lipinski definition) is 0. The second-order valence-electron chi connectivity index (χ2n) is 4.61. The molecule has 0 fully saturated rings. The highest BCUT2D eigenvalue weighted by Gasteiger charge is 2.33. The van der Waals surface area contributed by atoms with E-state index in [-0.39, 0.29) is 11.5 Å². The van der Waals surface area contributed by atoms with Gasteiger partial charge in [-0.15, -0.1) is 0 Å². The first-order chi connectivity index (χ1) is 5.17. The molecular weight excluding hydrogens is 154 g/mol. The molecule has 0 spiro atoms. The molecule has 72 valence electrons. The van der Waals surface area contributed by atoms with Gasteiger partial charge in [0.25, 0.3) is 0 Å². The summed E-state index contributed by atoms with van der Waals surface area (Å²) in [6.45, 7) is 6.06. The molecule has 0 N–H and O–H groups in total. The number of rotatable bonds is 3. The topological polar surface area (TPSA) is 26.3 Å². The van der Waals surface area contributed by atoms with Gasteiger partial charge >= 0.3 is 5.97 Å². The van der Waals surface area contributed by atoms with Crippen LogP contribution in [0.2, 0.25) is 0 Å². The lowest BCUT2D eigenvalue weighted by molar-refractivity contribution is -0.919. The van der Waals surface area contributed by atoms with Gasteiger partial charge in [-0.05, 0) is 13.8 Å². The predicted octanol–water partition coefficient (Wildman–Crippen LogP) is 1.03. The van der Waals surface area contributed by atoms with E-state index in [0.717, 1.165) is 4.48 Å². The molecule has 0 saturated heterocycles. The summed E-state index contributed by atoms with van der Waals surface area (Å²) in [5.41, 5.74) is -0.0360. The number of carbonyl (C=O) groups is 1. The van der Waals surface area contributed by atoms with Crippen LogP contribution in [0, 0.1) is 0 Å². The average molecular weight is 174 g/mol. The molecule has 0 radical (unpaired) electrons. The Balaban J connectivity index is 4.14. The van der Waals surface area contributed by atoms with Crippen LogP contribution >= 0.6 is 0 Å². The molecule has 3 nitrogen and oxygen atoms in total. The maximum Gasteiger partial charge on any atom is 0.302 e. The zero-order chi connectivity index (χ0) is 9.99. The second-order valence-corrected chi connectivity index (χ2v) is 4.61. The minimum absolute atomic E-state index is 0.0360. The van der Waals surface area contributed by atoms with Gasteiger partial charge in [0.2, 0.25) is 0 Å². The molecule has 3 heteroatoms. The van der Waals surface area contributed by atoms with Crippen LogP contribution in [0.4, 0.5) is 0 Å². The van der Waals surface area contributed by atoms with Crippen molar-refractivity contribution >= 4 is 5.97 Å². The summed E-state index contributed by atoms with van der Waals surface area (Å²) in [7, 11) is 6.26. The van der Waals surface area contributed by atoms with Gasteiger partial charge in [0.15, 0.2) is 0 Å². The van der Waals surface area contributed by atoms with Crippen LogP contribution in [0.25, 0.3) is 0 Å². The van der Waals surface area contributed by atoms with E-state index < -0.39 is 0 Å². The Bertz CT molecular complexity index is 168. The number of likely N-dealkylation sites (N-methyl/N-ethyl adjacent to an activating group) is 1. The van der Waals surface area contributed by atoms with Gasteiger partial charge in [-0.2, -0.15) is 0 Å². The first-order valence-corrected chi connectivity index (χ1v) is 4.12. The standard InChI is InChI=1S/C9H20NO2/c1-8(11)12-7-9(2,3)10(4,5)6/h7H2,1-6H3/q+1. The number of nitrogens with zero attached hydrogens (tertiary/aromatic N) is 1. The Kier molecular flexibility index (Phi) is 3.27. The molecular formula is C9H20NO2+. The van der Waals surface area contributed by atoms with Gasteiger partial charge in [0, 0.05) is 6.92 Å². The van der Waals surface area contributed by atoms with Gasteiger partial charge in [-0.1, -0.05) is 0 Å². The third-order valence-corrected chi connectivity index (χ3v) is 2.44. The second kappa shape index (κ2) is 3.44. The van der Waals surface area contributed by atoms with Crippen LogP contribution in [0.5, 0.6) is 0 Å². The summed E-state index contributed by atoms with van der Waals surface area (Å²) in [5, 5.41) is 0. The molecule has 0 rings (SSSR count). The van der Waals surface area contributed by atoms with Crippen molar-refractivity contribution in [2.24, 2.45) is 0 Å². The Morgan fingerprint density at radius 3 is 2.00 bits per heavy atom. The van der Waals surface area contributed by atoms with Crippen molar-refractivity contribution < 1.29 is 14.0 Å². The number of esters is 1. The minimum Gasteiger partial charge on any atom is -0.459 e. The monoisotopic (exact) mass is 174 g/mol. The van der Waals surface area contributed by atoms with E-state index in [1.165, 1.54) is 6.92 Å². The smallest absolute Gasteiger partial charge is 0.302 e. The molecule has 0 aliphatic rings. The number of hydrogen-bond acceptors (Lipinski definition) is 2. The lowest BCUT2D eigenvalue weighted by Crippen LogP contribution is -2.55. The van der Waals surface area contributed by atoms with Gasteiger partial charge in [-0.3, -0.25) is 4.79 Å². The zero-order valence-corrected chi connectivity index (χ0v) is 8.97. The quantitative estimate of drug-likeness (QED) is 0.472. The van der Waals surface area contributed by atoms with Gasteiger partial charge in [-0.25, -0.2) is 0 Å². The average Bonchev–Trinajstić information content (AvgIpc) is 1.81. The molecule has 0 heterocycles. The third kappa shape index (κ3) is 3.22. The van der Waals surface area contributed by atoms with E-state index in [9.17, 15) is 4.79 Å². The number of ether oxygens (including phenoxy) is 1. The van der Waals surface area contributed by atoms with Crippen LogP contribution in [-0.4, -0.2) is 43.7 Å². The predicted molar refractivity (Wildman–Crippen MR) is 48.7 cm³/mol. The van der Waals surface area contributed by atoms with Crippen molar-refractivity contribution in [1.82, 2.24) is 0 Å². The lowest BCUT2D eigenvalue weighted by atomic mass is 10.0. The van der Waals surface area contributed by atoms with Crippen LogP contribution in [-0.2, 0) is 9.53 Å². The molecule has 0 bridgehead atoms. The molecule has 0 aliphatic heterocycles. The van der Waals surface area contributed by atoms with Crippen molar-refractivity contribution in [3.05, 3.63) is 0 Å². The SMILES string of the molecule is CC(=O)OCC(C)(C)[N+](C)(C)C. The maximum atomic E-state index is 10.6. The highest BCUT2D eigenvalue weighted by molar-refractivity contribution is 5.65. The minimum atomic E-state index is -0.212. The Labute approximate surface area is 74.9 Å². The first-order valence-electron chi connectivity index (χ1n) is 4.12. The first kappa shape index (κ1) is 11.4. The Morgan fingerprint density at radius 1 is 1.33 bits per heavy atom. The van der Waals surface area contributed by atoms with Gasteiger partial charge in [0.1, 0.15) is 12.1 Å². The fourth-order valence-corrected chi connectivity index (χ4v) is 0.472. The zero-order valence-electron chi connectivity index (χ0n) is 8.97. The van der Waals surface area contributed by atoms with Crippen molar-refractivity contribution in [2.75, 3.05) is 27.7 Å². The largest absolute Gasteiger partial charge is 0.459 e. The van der Waals surface area contributed by atoms with E-state index >= 15 is 0 Å². The Morgan fingerprint density at radius 2 is 1.75 bits per heavy atom. The van der Waals surface area contributed by atoms with E-state index in [4.69, 9.17) is 4.74 Å². The molecule has 0 atom stereocenters. The molecule has 12 heavy (non-hydrogen) atoms. The fourth-order valence-electron chi connectivity index (χ4n) is 0.472. The van der Waals surface area contributed by atoms with Crippen molar-refractivity contribution in [1.29, 1.82) is 0 Å². The summed E-state index contributed by atoms with van der Waals surface area (Å²) in [6, 6.07) is 0.